The van der Waals surface area contributed by atoms with E-state index in [1.807, 2.05) is 6.07 Å². The molecule has 0 fully saturated rings. The molecule has 0 radical (unpaired) electrons. The highest BCUT2D eigenvalue weighted by atomic mass is 18.2. The summed E-state index contributed by atoms with van der Waals surface area (Å²) in [5, 5.41) is 23.4. The number of ketones is 1. The van der Waals surface area contributed by atoms with Gasteiger partial charge in [0, 0.05) is 41.5 Å². The summed E-state index contributed by atoms with van der Waals surface area (Å²) in [5.41, 5.74) is 5.19. The smallest absolute Gasteiger partial charge is 0.227 e. The molecule has 1 aromatic heterocycles. The van der Waals surface area contributed by atoms with Crippen molar-refractivity contribution < 1.29 is 24.2 Å². The van der Waals surface area contributed by atoms with E-state index in [0.717, 1.165) is 39.6 Å². The first kappa shape index (κ1) is 24.3. The standard InChI is InChI=1S/C30H27FN2O4/c31-22-6-8-23(9-7-22)33-30(37)20(4-3-18-1-2-19-5-10-24(34)15-27(18)19)13-26(36)14-21-17-32-29-12-11-25(35)16-28(21)29/h1,5-12,15-17,20,32,34-35H,2-4,13-14H2,(H,33,37)/i31-1. The first-order chi connectivity index (χ1) is 17.9. The van der Waals surface area contributed by atoms with E-state index in [4.69, 9.17) is 0 Å². The summed E-state index contributed by atoms with van der Waals surface area (Å²) in [5.74, 6) is -1.08. The van der Waals surface area contributed by atoms with Crippen molar-refractivity contribution >= 4 is 33.9 Å². The van der Waals surface area contributed by atoms with Gasteiger partial charge in [0.15, 0.2) is 0 Å². The normalized spacial score (nSPS) is 13.3. The van der Waals surface area contributed by atoms with Crippen LogP contribution in [0.1, 0.15) is 36.0 Å². The number of aromatic amines is 1. The lowest BCUT2D eigenvalue weighted by Crippen LogP contribution is -2.26. The summed E-state index contributed by atoms with van der Waals surface area (Å²) in [6.45, 7) is 0. The number of allylic oxidation sites excluding steroid dienone is 2. The van der Waals surface area contributed by atoms with Crippen LogP contribution in [-0.2, 0) is 22.4 Å². The highest BCUT2D eigenvalue weighted by Crippen LogP contribution is 2.34. The van der Waals surface area contributed by atoms with Crippen LogP contribution in [-0.4, -0.2) is 26.9 Å². The Labute approximate surface area is 213 Å². The average molecular weight is 498 g/mol. The van der Waals surface area contributed by atoms with Gasteiger partial charge >= 0.3 is 0 Å². The van der Waals surface area contributed by atoms with Crippen LogP contribution in [0.25, 0.3) is 16.5 Å². The first-order valence-electron chi connectivity index (χ1n) is 12.2. The second kappa shape index (κ2) is 10.3. The Morgan fingerprint density at radius 3 is 2.57 bits per heavy atom. The molecule has 0 saturated heterocycles. The summed E-state index contributed by atoms with van der Waals surface area (Å²) >= 11 is 0. The van der Waals surface area contributed by atoms with Crippen LogP contribution in [0.4, 0.5) is 10.1 Å². The molecule has 1 aliphatic carbocycles. The Balaban J connectivity index is 1.31. The van der Waals surface area contributed by atoms with E-state index >= 15 is 0 Å². The minimum Gasteiger partial charge on any atom is -0.508 e. The van der Waals surface area contributed by atoms with E-state index in [9.17, 15) is 24.2 Å². The fourth-order valence-electron chi connectivity index (χ4n) is 4.93. The largest absolute Gasteiger partial charge is 0.508 e. The van der Waals surface area contributed by atoms with Crippen LogP contribution in [0.2, 0.25) is 0 Å². The van der Waals surface area contributed by atoms with Gasteiger partial charge in [-0.1, -0.05) is 12.1 Å². The van der Waals surface area contributed by atoms with Crippen LogP contribution in [0.3, 0.4) is 0 Å². The van der Waals surface area contributed by atoms with Crippen molar-refractivity contribution in [2.75, 3.05) is 5.32 Å². The zero-order chi connectivity index (χ0) is 25.9. The van der Waals surface area contributed by atoms with E-state index in [1.165, 1.54) is 24.3 Å². The van der Waals surface area contributed by atoms with Gasteiger partial charge in [0.2, 0.25) is 5.91 Å². The maximum absolute atomic E-state index is 13.3. The monoisotopic (exact) mass is 497 g/mol. The molecule has 0 bridgehead atoms. The van der Waals surface area contributed by atoms with Gasteiger partial charge < -0.3 is 20.5 Å². The lowest BCUT2D eigenvalue weighted by molar-refractivity contribution is -0.126. The fourth-order valence-corrected chi connectivity index (χ4v) is 4.93. The number of carbonyl (C=O) groups excluding carboxylic acids is 2. The molecule has 1 heterocycles. The maximum Gasteiger partial charge on any atom is 0.227 e. The molecule has 6 nitrogen and oxygen atoms in total. The Bertz CT molecular complexity index is 1500. The predicted octanol–water partition coefficient (Wildman–Crippen LogP) is 5.89. The molecular weight excluding hydrogens is 470 g/mol. The molecule has 188 valence electrons. The molecular formula is C30H27FN2O4. The van der Waals surface area contributed by atoms with Gasteiger partial charge in [-0.25, -0.2) is 4.39 Å². The number of hydrogen-bond acceptors (Lipinski definition) is 4. The molecule has 4 N–H and O–H groups in total. The van der Waals surface area contributed by atoms with Gasteiger partial charge in [-0.2, -0.15) is 0 Å². The number of fused-ring (bicyclic) bond motifs is 2. The molecule has 5 rings (SSSR count). The van der Waals surface area contributed by atoms with Crippen LogP contribution >= 0.6 is 0 Å². The number of phenols is 2. The van der Waals surface area contributed by atoms with E-state index in [0.29, 0.717) is 18.5 Å². The van der Waals surface area contributed by atoms with Crippen molar-refractivity contribution in [3.8, 4) is 11.5 Å². The van der Waals surface area contributed by atoms with Crippen molar-refractivity contribution in [3.63, 3.8) is 0 Å². The average Bonchev–Trinajstić information content (AvgIpc) is 3.46. The third-order valence-corrected chi connectivity index (χ3v) is 6.87. The Morgan fingerprint density at radius 2 is 1.76 bits per heavy atom. The number of nitrogens with one attached hydrogen (secondary N) is 2. The van der Waals surface area contributed by atoms with Gasteiger partial charge in [0.25, 0.3) is 0 Å². The topological polar surface area (TPSA) is 102 Å². The van der Waals surface area contributed by atoms with Crippen LogP contribution < -0.4 is 5.32 Å². The van der Waals surface area contributed by atoms with Gasteiger partial charge in [-0.05, 0) is 96.1 Å². The molecule has 1 aliphatic rings. The van der Waals surface area contributed by atoms with Crippen molar-refractivity contribution in [3.05, 3.63) is 95.4 Å². The highest BCUT2D eigenvalue weighted by molar-refractivity contribution is 5.97. The molecule has 0 saturated carbocycles. The van der Waals surface area contributed by atoms with Crippen LogP contribution in [0, 0.1) is 11.7 Å². The van der Waals surface area contributed by atoms with Crippen molar-refractivity contribution in [2.24, 2.45) is 5.92 Å². The Morgan fingerprint density at radius 1 is 1.00 bits per heavy atom. The number of aromatic nitrogens is 1. The summed E-state index contributed by atoms with van der Waals surface area (Å²) in [6, 6.07) is 15.8. The second-order valence-corrected chi connectivity index (χ2v) is 9.47. The quantitative estimate of drug-likeness (QED) is 0.231. The molecule has 1 atom stereocenters. The van der Waals surface area contributed by atoms with Gasteiger partial charge in [0.1, 0.15) is 23.1 Å². The molecule has 4 aromatic rings. The predicted molar refractivity (Wildman–Crippen MR) is 141 cm³/mol. The molecule has 1 unspecified atom stereocenters. The van der Waals surface area contributed by atoms with Crippen molar-refractivity contribution in [2.45, 2.75) is 32.1 Å². The number of hydrogen-bond donors (Lipinski definition) is 4. The number of rotatable bonds is 9. The summed E-state index contributed by atoms with van der Waals surface area (Å²) < 4.78 is 13.3. The zero-order valence-electron chi connectivity index (χ0n) is 20.1. The maximum atomic E-state index is 13.3. The molecule has 3 aromatic carbocycles. The number of H-pyrrole nitrogens is 1. The third kappa shape index (κ3) is 5.56. The number of carbonyl (C=O) groups is 2. The number of halogens is 1. The summed E-state index contributed by atoms with van der Waals surface area (Å²) in [4.78, 5) is 29.5. The number of Topliss-reactive ketones (excluding diaryl/α,β-unsaturated/α-hetero) is 1. The number of phenolic OH excluding ortho intramolecular Hbond substituents is 2. The number of amides is 1. The van der Waals surface area contributed by atoms with Crippen molar-refractivity contribution in [1.82, 2.24) is 4.98 Å². The van der Waals surface area contributed by atoms with Crippen molar-refractivity contribution in [1.29, 1.82) is 0 Å². The molecule has 37 heavy (non-hydrogen) atoms. The van der Waals surface area contributed by atoms with Crippen LogP contribution in [0.15, 0.2) is 72.9 Å². The number of aromatic hydroxyl groups is 2. The van der Waals surface area contributed by atoms with E-state index in [1.54, 1.807) is 36.5 Å². The van der Waals surface area contributed by atoms with E-state index in [2.05, 4.69) is 16.4 Å². The molecule has 1 amide bonds. The summed E-state index contributed by atoms with van der Waals surface area (Å²) in [7, 11) is 0. The van der Waals surface area contributed by atoms with Gasteiger partial charge in [0.05, 0.1) is 0 Å². The van der Waals surface area contributed by atoms with E-state index < -0.39 is 11.7 Å². The Kier molecular flexibility index (Phi) is 6.77. The Hall–Kier alpha value is -4.39. The number of anilines is 1. The minimum absolute atomic E-state index is 0.0404. The van der Waals surface area contributed by atoms with E-state index in [-0.39, 0.29) is 36.0 Å². The lowest BCUT2D eigenvalue weighted by Gasteiger charge is -2.17. The number of benzene rings is 3. The van der Waals surface area contributed by atoms with Gasteiger partial charge in [-0.3, -0.25) is 9.59 Å². The SMILES string of the molecule is O=C(Cc1c[nH]c2ccc(O)cc12)CC(CCC1=CCc2ccc(O)cc21)C(=O)Nc1ccc([18F])cc1. The highest BCUT2D eigenvalue weighted by Gasteiger charge is 2.25. The lowest BCUT2D eigenvalue weighted by atomic mass is 9.90. The molecule has 7 heteroatoms. The first-order valence-corrected chi connectivity index (χ1v) is 12.2. The van der Waals surface area contributed by atoms with Crippen LogP contribution in [0.5, 0.6) is 11.5 Å². The fraction of sp³-hybridized carbons (Fsp3) is 0.200. The second-order valence-electron chi connectivity index (χ2n) is 9.47. The van der Waals surface area contributed by atoms with Gasteiger partial charge in [-0.15, -0.1) is 0 Å². The zero-order valence-corrected chi connectivity index (χ0v) is 20.1. The molecule has 0 spiro atoms. The molecule has 0 aliphatic heterocycles. The minimum atomic E-state index is -0.599. The summed E-state index contributed by atoms with van der Waals surface area (Å²) in [6.07, 6.45) is 5.80. The third-order valence-electron chi connectivity index (χ3n) is 6.87.